The molecule has 1 N–H and O–H groups in total. The van der Waals surface area contributed by atoms with E-state index in [0.29, 0.717) is 10.7 Å². The van der Waals surface area contributed by atoms with Crippen molar-refractivity contribution in [3.05, 3.63) is 47.0 Å². The van der Waals surface area contributed by atoms with E-state index in [1.807, 2.05) is 25.1 Å². The number of rotatable bonds is 4. The summed E-state index contributed by atoms with van der Waals surface area (Å²) in [5.41, 5.74) is 1.74. The summed E-state index contributed by atoms with van der Waals surface area (Å²) in [4.78, 5) is 3.88. The summed E-state index contributed by atoms with van der Waals surface area (Å²) in [6, 6.07) is 5.52. The first-order chi connectivity index (χ1) is 8.58. The van der Waals surface area contributed by atoms with Gasteiger partial charge >= 0.3 is 6.55 Å². The molecule has 0 bridgehead atoms. The van der Waals surface area contributed by atoms with Gasteiger partial charge in [-0.2, -0.15) is 8.78 Å². The molecule has 0 unspecified atom stereocenters. The Balaban J connectivity index is 2.09. The van der Waals surface area contributed by atoms with Crippen LogP contribution in [-0.4, -0.2) is 9.55 Å². The standard InChI is InChI=1S/C12H12ClF2N3/c1-8-2-3-10(9(13)6-8)17-7-11-16-4-5-18(11)12(14)15/h2-6,12,17H,7H2,1H3. The van der Waals surface area contributed by atoms with E-state index in [1.165, 1.54) is 12.4 Å². The second-order valence-electron chi connectivity index (χ2n) is 3.87. The number of hydrogen-bond donors (Lipinski definition) is 1. The molecule has 0 fully saturated rings. The van der Waals surface area contributed by atoms with Gasteiger partial charge in [-0.05, 0) is 24.6 Å². The summed E-state index contributed by atoms with van der Waals surface area (Å²) in [6.07, 6.45) is 2.60. The van der Waals surface area contributed by atoms with Crippen LogP contribution in [0.15, 0.2) is 30.6 Å². The van der Waals surface area contributed by atoms with Crippen molar-refractivity contribution in [1.82, 2.24) is 9.55 Å². The number of aromatic nitrogens is 2. The Kier molecular flexibility index (Phi) is 3.81. The molecule has 2 aromatic rings. The fourth-order valence-corrected chi connectivity index (χ4v) is 1.90. The van der Waals surface area contributed by atoms with Crippen molar-refractivity contribution in [3.8, 4) is 0 Å². The van der Waals surface area contributed by atoms with Crippen molar-refractivity contribution in [2.75, 3.05) is 5.32 Å². The molecular formula is C12H12ClF2N3. The maximum absolute atomic E-state index is 12.6. The van der Waals surface area contributed by atoms with Gasteiger partial charge in [-0.25, -0.2) is 4.98 Å². The summed E-state index contributed by atoms with van der Waals surface area (Å²) in [7, 11) is 0. The van der Waals surface area contributed by atoms with Crippen molar-refractivity contribution in [2.24, 2.45) is 0 Å². The van der Waals surface area contributed by atoms with Crippen LogP contribution in [0.25, 0.3) is 0 Å². The van der Waals surface area contributed by atoms with E-state index in [0.717, 1.165) is 10.1 Å². The lowest BCUT2D eigenvalue weighted by Gasteiger charge is -2.10. The second-order valence-corrected chi connectivity index (χ2v) is 4.27. The quantitative estimate of drug-likeness (QED) is 0.915. The average molecular weight is 272 g/mol. The SMILES string of the molecule is Cc1ccc(NCc2nccn2C(F)F)c(Cl)c1. The number of anilines is 1. The minimum absolute atomic E-state index is 0.195. The lowest BCUT2D eigenvalue weighted by molar-refractivity contribution is 0.0673. The van der Waals surface area contributed by atoms with Crippen molar-refractivity contribution >= 4 is 17.3 Å². The van der Waals surface area contributed by atoms with E-state index < -0.39 is 6.55 Å². The zero-order valence-electron chi connectivity index (χ0n) is 9.70. The third kappa shape index (κ3) is 2.79. The molecule has 0 aliphatic rings. The summed E-state index contributed by atoms with van der Waals surface area (Å²) in [6.45, 7) is -0.461. The molecule has 0 saturated carbocycles. The van der Waals surface area contributed by atoms with Gasteiger partial charge in [-0.3, -0.25) is 4.57 Å². The maximum Gasteiger partial charge on any atom is 0.319 e. The smallest absolute Gasteiger partial charge is 0.319 e. The van der Waals surface area contributed by atoms with E-state index >= 15 is 0 Å². The van der Waals surface area contributed by atoms with Crippen LogP contribution in [-0.2, 0) is 6.54 Å². The van der Waals surface area contributed by atoms with Crippen molar-refractivity contribution in [1.29, 1.82) is 0 Å². The minimum Gasteiger partial charge on any atom is -0.377 e. The molecule has 1 heterocycles. The monoisotopic (exact) mass is 271 g/mol. The topological polar surface area (TPSA) is 29.9 Å². The van der Waals surface area contributed by atoms with Crippen molar-refractivity contribution in [3.63, 3.8) is 0 Å². The summed E-state index contributed by atoms with van der Waals surface area (Å²) in [5.74, 6) is 0.265. The summed E-state index contributed by atoms with van der Waals surface area (Å²) >= 11 is 6.03. The van der Waals surface area contributed by atoms with E-state index in [-0.39, 0.29) is 12.4 Å². The molecule has 3 nitrogen and oxygen atoms in total. The predicted octanol–water partition coefficient (Wildman–Crippen LogP) is 3.85. The van der Waals surface area contributed by atoms with E-state index in [1.54, 1.807) is 0 Å². The zero-order chi connectivity index (χ0) is 13.1. The number of nitrogens with zero attached hydrogens (tertiary/aromatic N) is 2. The van der Waals surface area contributed by atoms with Gasteiger partial charge in [0.1, 0.15) is 5.82 Å². The Morgan fingerprint density at radius 3 is 2.89 bits per heavy atom. The second kappa shape index (κ2) is 5.35. The van der Waals surface area contributed by atoms with Gasteiger partial charge in [-0.1, -0.05) is 17.7 Å². The molecule has 0 radical (unpaired) electrons. The predicted molar refractivity (Wildman–Crippen MR) is 67.0 cm³/mol. The normalized spacial score (nSPS) is 10.9. The number of benzene rings is 1. The first-order valence-corrected chi connectivity index (χ1v) is 5.75. The number of hydrogen-bond acceptors (Lipinski definition) is 2. The van der Waals surface area contributed by atoms with Crippen LogP contribution in [0, 0.1) is 6.92 Å². The molecule has 96 valence electrons. The first kappa shape index (κ1) is 12.8. The van der Waals surface area contributed by atoms with Gasteiger partial charge in [0, 0.05) is 12.4 Å². The number of imidazole rings is 1. The lowest BCUT2D eigenvalue weighted by atomic mass is 10.2. The molecule has 0 spiro atoms. The summed E-state index contributed by atoms with van der Waals surface area (Å²) < 4.78 is 26.0. The van der Waals surface area contributed by atoms with E-state index in [9.17, 15) is 8.78 Å². The van der Waals surface area contributed by atoms with Crippen LogP contribution < -0.4 is 5.32 Å². The first-order valence-electron chi connectivity index (χ1n) is 5.38. The Morgan fingerprint density at radius 1 is 1.44 bits per heavy atom. The third-order valence-corrected chi connectivity index (χ3v) is 2.83. The minimum atomic E-state index is -2.59. The van der Waals surface area contributed by atoms with Gasteiger partial charge in [0.15, 0.2) is 0 Å². The third-order valence-electron chi connectivity index (χ3n) is 2.52. The fourth-order valence-electron chi connectivity index (χ4n) is 1.60. The van der Waals surface area contributed by atoms with Gasteiger partial charge in [-0.15, -0.1) is 0 Å². The van der Waals surface area contributed by atoms with Crippen LogP contribution >= 0.6 is 11.6 Å². The average Bonchev–Trinajstić information content (AvgIpc) is 2.76. The Labute approximate surface area is 108 Å². The molecule has 18 heavy (non-hydrogen) atoms. The molecule has 0 aliphatic carbocycles. The van der Waals surface area contributed by atoms with Gasteiger partial charge in [0.2, 0.25) is 0 Å². The van der Waals surface area contributed by atoms with E-state index in [2.05, 4.69) is 10.3 Å². The number of nitrogens with one attached hydrogen (secondary N) is 1. The largest absolute Gasteiger partial charge is 0.377 e. The molecule has 1 aromatic carbocycles. The molecule has 1 aromatic heterocycles. The molecule has 6 heteroatoms. The molecule has 0 atom stereocenters. The van der Waals surface area contributed by atoms with Crippen molar-refractivity contribution in [2.45, 2.75) is 20.0 Å². The Morgan fingerprint density at radius 2 is 2.22 bits per heavy atom. The maximum atomic E-state index is 12.6. The molecular weight excluding hydrogens is 260 g/mol. The van der Waals surface area contributed by atoms with Crippen LogP contribution in [0.1, 0.15) is 17.9 Å². The van der Waals surface area contributed by atoms with Crippen molar-refractivity contribution < 1.29 is 8.78 Å². The lowest BCUT2D eigenvalue weighted by Crippen LogP contribution is -2.09. The van der Waals surface area contributed by atoms with Gasteiger partial charge in [0.25, 0.3) is 0 Å². The van der Waals surface area contributed by atoms with Crippen LogP contribution in [0.4, 0.5) is 14.5 Å². The molecule has 0 aliphatic heterocycles. The van der Waals surface area contributed by atoms with Crippen LogP contribution in [0.2, 0.25) is 5.02 Å². The number of halogens is 3. The zero-order valence-corrected chi connectivity index (χ0v) is 10.5. The highest BCUT2D eigenvalue weighted by molar-refractivity contribution is 6.33. The molecule has 0 saturated heterocycles. The van der Waals surface area contributed by atoms with Crippen LogP contribution in [0.3, 0.4) is 0 Å². The van der Waals surface area contributed by atoms with Gasteiger partial charge in [0.05, 0.1) is 17.3 Å². The van der Waals surface area contributed by atoms with E-state index in [4.69, 9.17) is 11.6 Å². The highest BCUT2D eigenvalue weighted by atomic mass is 35.5. The highest BCUT2D eigenvalue weighted by Gasteiger charge is 2.11. The van der Waals surface area contributed by atoms with Gasteiger partial charge < -0.3 is 5.32 Å². The molecule has 2 rings (SSSR count). The molecule has 0 amide bonds. The fraction of sp³-hybridized carbons (Fsp3) is 0.250. The Hall–Kier alpha value is -1.62. The number of alkyl halides is 2. The summed E-state index contributed by atoms with van der Waals surface area (Å²) in [5, 5.41) is 3.55. The van der Waals surface area contributed by atoms with Crippen LogP contribution in [0.5, 0.6) is 0 Å². The highest BCUT2D eigenvalue weighted by Crippen LogP contribution is 2.23. The number of aryl methyl sites for hydroxylation is 1. The Bertz CT molecular complexity index is 540.